The molecular weight excluding hydrogens is 286 g/mol. The van der Waals surface area contributed by atoms with Crippen LogP contribution in [0.4, 0.5) is 0 Å². The lowest BCUT2D eigenvalue weighted by atomic mass is 10.0. The van der Waals surface area contributed by atoms with E-state index in [-0.39, 0.29) is 0 Å². The van der Waals surface area contributed by atoms with Gasteiger partial charge in [0, 0.05) is 40.5 Å². The Bertz CT molecular complexity index is 831. The fourth-order valence-corrected chi connectivity index (χ4v) is 2.75. The molecule has 0 aliphatic rings. The van der Waals surface area contributed by atoms with Crippen LogP contribution in [-0.4, -0.2) is 17.1 Å². The Morgan fingerprint density at radius 3 is 2.86 bits per heavy atom. The lowest BCUT2D eigenvalue weighted by Crippen LogP contribution is -1.88. The summed E-state index contributed by atoms with van der Waals surface area (Å²) in [5.41, 5.74) is 3.63. The topological polar surface area (TPSA) is 61.7 Å². The van der Waals surface area contributed by atoms with Crippen LogP contribution in [0.3, 0.4) is 0 Å². The molecule has 0 aliphatic carbocycles. The van der Waals surface area contributed by atoms with Crippen LogP contribution in [0.25, 0.3) is 22.0 Å². The zero-order valence-corrected chi connectivity index (χ0v) is 12.1. The van der Waals surface area contributed by atoms with E-state index in [2.05, 4.69) is 16.0 Å². The van der Waals surface area contributed by atoms with Crippen LogP contribution in [-0.2, 0) is 6.42 Å². The van der Waals surface area contributed by atoms with Crippen LogP contribution in [0.2, 0.25) is 5.02 Å². The first kappa shape index (κ1) is 13.5. The first-order valence-electron chi connectivity index (χ1n) is 6.40. The van der Waals surface area contributed by atoms with Crippen molar-refractivity contribution in [1.29, 1.82) is 5.26 Å². The number of benzene rings is 1. The van der Waals surface area contributed by atoms with E-state index >= 15 is 0 Å². The summed E-state index contributed by atoms with van der Waals surface area (Å²) in [5.74, 6) is 0.558. The SMILES string of the molecule is COc1ccc(-c2ccc3[nH]cc(CC#N)c3c2Cl)cn1. The monoisotopic (exact) mass is 297 g/mol. The van der Waals surface area contributed by atoms with Gasteiger partial charge < -0.3 is 9.72 Å². The number of halogens is 1. The largest absolute Gasteiger partial charge is 0.481 e. The summed E-state index contributed by atoms with van der Waals surface area (Å²) in [7, 11) is 1.58. The van der Waals surface area contributed by atoms with Crippen molar-refractivity contribution < 1.29 is 4.74 Å². The number of rotatable bonds is 3. The molecule has 0 radical (unpaired) electrons. The van der Waals surface area contributed by atoms with Crippen LogP contribution >= 0.6 is 11.6 Å². The molecule has 0 saturated heterocycles. The zero-order chi connectivity index (χ0) is 14.8. The molecule has 0 aliphatic heterocycles. The van der Waals surface area contributed by atoms with E-state index in [1.54, 1.807) is 19.4 Å². The summed E-state index contributed by atoms with van der Waals surface area (Å²) in [6, 6.07) is 9.77. The molecule has 0 atom stereocenters. The highest BCUT2D eigenvalue weighted by Crippen LogP contribution is 2.36. The first-order valence-corrected chi connectivity index (χ1v) is 6.78. The Kier molecular flexibility index (Phi) is 3.51. The molecule has 2 aromatic heterocycles. The molecule has 21 heavy (non-hydrogen) atoms. The number of methoxy groups -OCH3 is 1. The summed E-state index contributed by atoms with van der Waals surface area (Å²) in [4.78, 5) is 7.34. The van der Waals surface area contributed by atoms with Gasteiger partial charge in [0.25, 0.3) is 0 Å². The smallest absolute Gasteiger partial charge is 0.212 e. The Balaban J connectivity index is 2.16. The summed E-state index contributed by atoms with van der Waals surface area (Å²) >= 11 is 6.54. The molecule has 4 nitrogen and oxygen atoms in total. The van der Waals surface area contributed by atoms with Crippen LogP contribution < -0.4 is 4.74 Å². The number of nitrogens with one attached hydrogen (secondary N) is 1. The Labute approximate surface area is 127 Å². The van der Waals surface area contributed by atoms with Crippen molar-refractivity contribution in [3.05, 3.63) is 47.2 Å². The molecular formula is C16H12ClN3O. The van der Waals surface area contributed by atoms with Crippen LogP contribution in [0.1, 0.15) is 5.56 Å². The van der Waals surface area contributed by atoms with Crippen molar-refractivity contribution in [2.24, 2.45) is 0 Å². The zero-order valence-electron chi connectivity index (χ0n) is 11.4. The maximum atomic E-state index is 8.90. The lowest BCUT2D eigenvalue weighted by Gasteiger charge is -2.07. The number of nitrogens with zero attached hydrogens (tertiary/aromatic N) is 2. The number of hydrogen-bond acceptors (Lipinski definition) is 3. The van der Waals surface area contributed by atoms with E-state index < -0.39 is 0 Å². The summed E-state index contributed by atoms with van der Waals surface area (Å²) in [6.07, 6.45) is 3.88. The van der Waals surface area contributed by atoms with E-state index in [0.717, 1.165) is 27.6 Å². The fraction of sp³-hybridized carbons (Fsp3) is 0.125. The number of H-pyrrole nitrogens is 1. The van der Waals surface area contributed by atoms with Crippen LogP contribution in [0, 0.1) is 11.3 Å². The second-order valence-electron chi connectivity index (χ2n) is 4.59. The molecule has 0 unspecified atom stereocenters. The highest BCUT2D eigenvalue weighted by molar-refractivity contribution is 6.38. The highest BCUT2D eigenvalue weighted by Gasteiger charge is 2.13. The van der Waals surface area contributed by atoms with Crippen LogP contribution in [0.15, 0.2) is 36.7 Å². The van der Waals surface area contributed by atoms with Gasteiger partial charge in [0.05, 0.1) is 24.6 Å². The van der Waals surface area contributed by atoms with E-state index in [1.807, 2.05) is 24.4 Å². The lowest BCUT2D eigenvalue weighted by molar-refractivity contribution is 0.398. The van der Waals surface area contributed by atoms with Gasteiger partial charge in [-0.2, -0.15) is 5.26 Å². The maximum Gasteiger partial charge on any atom is 0.212 e. The Morgan fingerprint density at radius 1 is 1.33 bits per heavy atom. The molecule has 2 heterocycles. The minimum Gasteiger partial charge on any atom is -0.481 e. The molecule has 0 spiro atoms. The summed E-state index contributed by atoms with van der Waals surface area (Å²) in [6.45, 7) is 0. The van der Waals surface area contributed by atoms with Gasteiger partial charge in [-0.05, 0) is 17.7 Å². The minimum atomic E-state index is 0.323. The molecule has 104 valence electrons. The van der Waals surface area contributed by atoms with E-state index in [0.29, 0.717) is 17.3 Å². The van der Waals surface area contributed by atoms with E-state index in [4.69, 9.17) is 21.6 Å². The number of fused-ring (bicyclic) bond motifs is 1. The molecule has 3 aromatic rings. The molecule has 0 saturated carbocycles. The van der Waals surface area contributed by atoms with E-state index in [1.165, 1.54) is 0 Å². The van der Waals surface area contributed by atoms with Gasteiger partial charge in [0.15, 0.2) is 0 Å². The maximum absolute atomic E-state index is 8.90. The van der Waals surface area contributed by atoms with Gasteiger partial charge in [-0.15, -0.1) is 0 Å². The second kappa shape index (κ2) is 5.47. The number of aromatic nitrogens is 2. The first-order chi connectivity index (χ1) is 10.2. The number of nitriles is 1. The average molecular weight is 298 g/mol. The predicted molar refractivity (Wildman–Crippen MR) is 82.4 cm³/mol. The van der Waals surface area contributed by atoms with Gasteiger partial charge in [0.2, 0.25) is 5.88 Å². The van der Waals surface area contributed by atoms with Crippen molar-refractivity contribution in [3.8, 4) is 23.1 Å². The standard InChI is InChI=1S/C16H12ClN3O/c1-21-14-5-2-10(8-20-14)12-3-4-13-15(16(12)17)11(6-7-18)9-19-13/h2-5,8-9,19H,6H2,1H3. The van der Waals surface area contributed by atoms with Gasteiger partial charge >= 0.3 is 0 Å². The molecule has 1 aromatic carbocycles. The van der Waals surface area contributed by atoms with Crippen molar-refractivity contribution in [1.82, 2.24) is 9.97 Å². The van der Waals surface area contributed by atoms with E-state index in [9.17, 15) is 0 Å². The molecule has 0 fully saturated rings. The minimum absolute atomic E-state index is 0.323. The molecule has 0 bridgehead atoms. The molecule has 3 rings (SSSR count). The molecule has 0 amide bonds. The van der Waals surface area contributed by atoms with Crippen molar-refractivity contribution in [3.63, 3.8) is 0 Å². The predicted octanol–water partition coefficient (Wildman–Crippen LogP) is 3.96. The number of ether oxygens (including phenoxy) is 1. The average Bonchev–Trinajstić information content (AvgIpc) is 2.92. The molecule has 5 heteroatoms. The highest BCUT2D eigenvalue weighted by atomic mass is 35.5. The van der Waals surface area contributed by atoms with Gasteiger partial charge in [-0.25, -0.2) is 4.98 Å². The fourth-order valence-electron chi connectivity index (χ4n) is 2.36. The Morgan fingerprint density at radius 2 is 2.19 bits per heavy atom. The van der Waals surface area contributed by atoms with Crippen molar-refractivity contribution in [2.75, 3.05) is 7.11 Å². The van der Waals surface area contributed by atoms with Crippen LogP contribution in [0.5, 0.6) is 5.88 Å². The van der Waals surface area contributed by atoms with Gasteiger partial charge in [-0.3, -0.25) is 0 Å². The normalized spacial score (nSPS) is 10.5. The summed E-state index contributed by atoms with van der Waals surface area (Å²) in [5, 5.41) is 10.4. The third kappa shape index (κ3) is 2.32. The number of aromatic amines is 1. The quantitative estimate of drug-likeness (QED) is 0.796. The third-order valence-corrected chi connectivity index (χ3v) is 3.78. The Hall–Kier alpha value is -2.51. The van der Waals surface area contributed by atoms with Gasteiger partial charge in [0.1, 0.15) is 0 Å². The third-order valence-electron chi connectivity index (χ3n) is 3.39. The molecule has 1 N–H and O–H groups in total. The summed E-state index contributed by atoms with van der Waals surface area (Å²) < 4.78 is 5.06. The number of pyridine rings is 1. The van der Waals surface area contributed by atoms with Crippen molar-refractivity contribution >= 4 is 22.5 Å². The number of hydrogen-bond donors (Lipinski definition) is 1. The van der Waals surface area contributed by atoms with Crippen molar-refractivity contribution in [2.45, 2.75) is 6.42 Å². The second-order valence-corrected chi connectivity index (χ2v) is 4.97. The van der Waals surface area contributed by atoms with Gasteiger partial charge in [-0.1, -0.05) is 17.7 Å².